The van der Waals surface area contributed by atoms with Gasteiger partial charge in [-0.1, -0.05) is 30.3 Å². The molecule has 2 aromatic carbocycles. The fraction of sp³-hybridized carbons (Fsp3) is 0.318. The molecule has 2 rings (SSSR count). The molecule has 0 unspecified atom stereocenters. The molecule has 148 valence electrons. The molecule has 0 saturated carbocycles. The fourth-order valence-electron chi connectivity index (χ4n) is 2.56. The van der Waals surface area contributed by atoms with E-state index < -0.39 is 17.3 Å². The molecule has 0 bridgehead atoms. The Labute approximate surface area is 165 Å². The highest BCUT2D eigenvalue weighted by Gasteiger charge is 2.35. The Hall–Kier alpha value is -3.15. The molecule has 2 N–H and O–H groups in total. The molecule has 0 aromatic heterocycles. The number of rotatable bonds is 8. The molecule has 0 aliphatic rings. The summed E-state index contributed by atoms with van der Waals surface area (Å²) in [6.07, 6.45) is 1.66. The van der Waals surface area contributed by atoms with Crippen LogP contribution in [0, 0.1) is 5.41 Å². The quantitative estimate of drug-likeness (QED) is 0.417. The van der Waals surface area contributed by atoms with Crippen molar-refractivity contribution in [3.05, 3.63) is 65.7 Å². The third-order valence-electron chi connectivity index (χ3n) is 4.47. The van der Waals surface area contributed by atoms with Gasteiger partial charge < -0.3 is 15.4 Å². The van der Waals surface area contributed by atoms with Crippen LogP contribution in [0.25, 0.3) is 0 Å². The summed E-state index contributed by atoms with van der Waals surface area (Å²) in [7, 11) is 1.30. The van der Waals surface area contributed by atoms with Gasteiger partial charge in [0.15, 0.2) is 0 Å². The average molecular weight is 382 g/mol. The standard InChI is InChI=1S/C22H26N2O4/c1-22(2,20(26)23-15-7-10-16-8-5-4-6-9-16)21(27)24-18-13-11-17(12-14-18)19(25)28-3/h4-6,8-9,11-14H,7,10,15H2,1-3H3,(H,23,26)(H,24,27). The van der Waals surface area contributed by atoms with Gasteiger partial charge in [0.2, 0.25) is 11.8 Å². The fourth-order valence-corrected chi connectivity index (χ4v) is 2.56. The molecule has 6 heteroatoms. The summed E-state index contributed by atoms with van der Waals surface area (Å²) in [4.78, 5) is 36.4. The molecule has 0 heterocycles. The summed E-state index contributed by atoms with van der Waals surface area (Å²) < 4.78 is 4.64. The van der Waals surface area contributed by atoms with Crippen LogP contribution in [0.4, 0.5) is 5.69 Å². The molecule has 0 atom stereocenters. The Kier molecular flexibility index (Phi) is 7.32. The summed E-state index contributed by atoms with van der Waals surface area (Å²) in [5.74, 6) is -1.20. The van der Waals surface area contributed by atoms with Gasteiger partial charge in [-0.05, 0) is 56.5 Å². The van der Waals surface area contributed by atoms with Gasteiger partial charge in [-0.3, -0.25) is 9.59 Å². The lowest BCUT2D eigenvalue weighted by Gasteiger charge is -2.22. The minimum absolute atomic E-state index is 0.329. The first-order valence-corrected chi connectivity index (χ1v) is 9.16. The topological polar surface area (TPSA) is 84.5 Å². The van der Waals surface area contributed by atoms with Crippen LogP contribution >= 0.6 is 0 Å². The van der Waals surface area contributed by atoms with E-state index in [-0.39, 0.29) is 5.91 Å². The maximum Gasteiger partial charge on any atom is 0.337 e. The van der Waals surface area contributed by atoms with Gasteiger partial charge in [0, 0.05) is 12.2 Å². The van der Waals surface area contributed by atoms with E-state index in [0.29, 0.717) is 17.8 Å². The predicted molar refractivity (Wildman–Crippen MR) is 108 cm³/mol. The number of anilines is 1. The molecule has 6 nitrogen and oxygen atoms in total. The minimum atomic E-state index is -1.23. The smallest absolute Gasteiger partial charge is 0.337 e. The van der Waals surface area contributed by atoms with Gasteiger partial charge in [0.1, 0.15) is 5.41 Å². The normalized spacial score (nSPS) is 10.8. The highest BCUT2D eigenvalue weighted by atomic mass is 16.5. The molecule has 0 aliphatic heterocycles. The van der Waals surface area contributed by atoms with Gasteiger partial charge in [-0.15, -0.1) is 0 Å². The van der Waals surface area contributed by atoms with Gasteiger partial charge in [-0.25, -0.2) is 4.79 Å². The number of aryl methyl sites for hydroxylation is 1. The lowest BCUT2D eigenvalue weighted by Crippen LogP contribution is -2.45. The van der Waals surface area contributed by atoms with Gasteiger partial charge in [0.25, 0.3) is 0 Å². The van der Waals surface area contributed by atoms with Crippen molar-refractivity contribution in [3.63, 3.8) is 0 Å². The van der Waals surface area contributed by atoms with E-state index in [0.717, 1.165) is 12.8 Å². The zero-order chi connectivity index (χ0) is 20.6. The predicted octanol–water partition coefficient (Wildman–Crippen LogP) is 3.19. The number of carbonyl (C=O) groups is 3. The molecule has 28 heavy (non-hydrogen) atoms. The molecule has 0 spiro atoms. The third-order valence-corrected chi connectivity index (χ3v) is 4.47. The summed E-state index contributed by atoms with van der Waals surface area (Å²) in [5.41, 5.74) is 0.871. The van der Waals surface area contributed by atoms with Crippen molar-refractivity contribution in [1.82, 2.24) is 5.32 Å². The Bertz CT molecular complexity index is 814. The average Bonchev–Trinajstić information content (AvgIpc) is 2.71. The molecule has 2 aromatic rings. The monoisotopic (exact) mass is 382 g/mol. The number of benzene rings is 2. The number of hydrogen-bond acceptors (Lipinski definition) is 4. The number of hydrogen-bond donors (Lipinski definition) is 2. The largest absolute Gasteiger partial charge is 0.465 e. The van der Waals surface area contributed by atoms with E-state index in [1.54, 1.807) is 38.1 Å². The molecule has 0 aliphatic carbocycles. The van der Waals surface area contributed by atoms with E-state index >= 15 is 0 Å². The SMILES string of the molecule is COC(=O)c1ccc(NC(=O)C(C)(C)C(=O)NCCCc2ccccc2)cc1. The van der Waals surface area contributed by atoms with Crippen LogP contribution in [0.15, 0.2) is 54.6 Å². The van der Waals surface area contributed by atoms with Crippen molar-refractivity contribution < 1.29 is 19.1 Å². The third kappa shape index (κ3) is 5.67. The molecule has 2 amide bonds. The van der Waals surface area contributed by atoms with Gasteiger partial charge >= 0.3 is 5.97 Å². The molecular formula is C22H26N2O4. The van der Waals surface area contributed by atoms with Crippen molar-refractivity contribution in [2.45, 2.75) is 26.7 Å². The van der Waals surface area contributed by atoms with Crippen LogP contribution in [-0.2, 0) is 20.7 Å². The maximum atomic E-state index is 12.5. The van der Waals surface area contributed by atoms with Gasteiger partial charge in [0.05, 0.1) is 12.7 Å². The first kappa shape index (κ1) is 21.2. The van der Waals surface area contributed by atoms with Crippen LogP contribution in [0.1, 0.15) is 36.2 Å². The van der Waals surface area contributed by atoms with E-state index in [2.05, 4.69) is 15.4 Å². The Morgan fingerprint density at radius 3 is 2.18 bits per heavy atom. The number of nitrogens with one attached hydrogen (secondary N) is 2. The number of amides is 2. The summed E-state index contributed by atoms with van der Waals surface area (Å²) >= 11 is 0. The second-order valence-corrected chi connectivity index (χ2v) is 6.99. The summed E-state index contributed by atoms with van der Waals surface area (Å²) in [5, 5.41) is 5.54. The first-order chi connectivity index (χ1) is 13.3. The van der Waals surface area contributed by atoms with Crippen molar-refractivity contribution in [1.29, 1.82) is 0 Å². The number of carbonyl (C=O) groups excluding carboxylic acids is 3. The zero-order valence-corrected chi connectivity index (χ0v) is 16.5. The maximum absolute atomic E-state index is 12.5. The lowest BCUT2D eigenvalue weighted by atomic mass is 9.90. The van der Waals surface area contributed by atoms with Crippen LogP contribution < -0.4 is 10.6 Å². The first-order valence-electron chi connectivity index (χ1n) is 9.16. The summed E-state index contributed by atoms with van der Waals surface area (Å²) in [6, 6.07) is 16.3. The molecule has 0 saturated heterocycles. The van der Waals surface area contributed by atoms with E-state index in [1.807, 2.05) is 30.3 Å². The molecule has 0 radical (unpaired) electrons. The summed E-state index contributed by atoms with van der Waals surface area (Å²) in [6.45, 7) is 3.66. The second-order valence-electron chi connectivity index (χ2n) is 6.99. The molecular weight excluding hydrogens is 356 g/mol. The van der Waals surface area contributed by atoms with E-state index in [9.17, 15) is 14.4 Å². The Balaban J connectivity index is 1.85. The van der Waals surface area contributed by atoms with Crippen LogP contribution in [0.2, 0.25) is 0 Å². The van der Waals surface area contributed by atoms with E-state index in [4.69, 9.17) is 0 Å². The minimum Gasteiger partial charge on any atom is -0.465 e. The lowest BCUT2D eigenvalue weighted by molar-refractivity contribution is -0.138. The van der Waals surface area contributed by atoms with Crippen molar-refractivity contribution in [2.24, 2.45) is 5.41 Å². The van der Waals surface area contributed by atoms with Crippen molar-refractivity contribution in [2.75, 3.05) is 19.0 Å². The van der Waals surface area contributed by atoms with Crippen molar-refractivity contribution >= 4 is 23.5 Å². The number of esters is 1. The number of ether oxygens (including phenoxy) is 1. The number of methoxy groups -OCH3 is 1. The highest BCUT2D eigenvalue weighted by Crippen LogP contribution is 2.19. The molecule has 0 fully saturated rings. The highest BCUT2D eigenvalue weighted by molar-refractivity contribution is 6.09. The second kappa shape index (κ2) is 9.69. The Morgan fingerprint density at radius 1 is 0.929 bits per heavy atom. The van der Waals surface area contributed by atoms with E-state index in [1.165, 1.54) is 12.7 Å². The van der Waals surface area contributed by atoms with Crippen LogP contribution in [-0.4, -0.2) is 31.4 Å². The van der Waals surface area contributed by atoms with Crippen LogP contribution in [0.3, 0.4) is 0 Å². The zero-order valence-electron chi connectivity index (χ0n) is 16.5. The van der Waals surface area contributed by atoms with Crippen molar-refractivity contribution in [3.8, 4) is 0 Å². The van der Waals surface area contributed by atoms with Gasteiger partial charge in [-0.2, -0.15) is 0 Å². The van der Waals surface area contributed by atoms with Crippen LogP contribution in [0.5, 0.6) is 0 Å². The Morgan fingerprint density at radius 2 is 1.57 bits per heavy atom.